The monoisotopic (exact) mass is 260 g/mol. The lowest BCUT2D eigenvalue weighted by Gasteiger charge is -2.28. The Labute approximate surface area is 108 Å². The van der Waals surface area contributed by atoms with Crippen LogP contribution in [0.25, 0.3) is 0 Å². The number of aliphatic carboxylic acids is 1. The van der Waals surface area contributed by atoms with Gasteiger partial charge >= 0.3 is 12.0 Å². The average Bonchev–Trinajstić information content (AvgIpc) is 2.23. The highest BCUT2D eigenvalue weighted by atomic mass is 16.5. The van der Waals surface area contributed by atoms with Crippen molar-refractivity contribution in [2.24, 2.45) is 5.41 Å². The molecule has 0 saturated carbocycles. The molecule has 0 aromatic heterocycles. The fraction of sp³-hybridized carbons (Fsp3) is 0.833. The van der Waals surface area contributed by atoms with Crippen LogP contribution >= 0.6 is 0 Å². The van der Waals surface area contributed by atoms with E-state index >= 15 is 0 Å². The van der Waals surface area contributed by atoms with E-state index in [2.05, 4.69) is 10.6 Å². The Bertz CT molecular complexity index is 286. The van der Waals surface area contributed by atoms with E-state index < -0.39 is 23.5 Å². The molecule has 0 aliphatic rings. The number of urea groups is 1. The fourth-order valence-electron chi connectivity index (χ4n) is 1.47. The number of hydrogen-bond acceptors (Lipinski definition) is 3. The Balaban J connectivity index is 4.48. The summed E-state index contributed by atoms with van der Waals surface area (Å²) in [5.74, 6) is -1.04. The number of carboxylic acid groups (broad SMARTS) is 1. The SMILES string of the molecule is CCC(COC)NC(=O)N[C@H](C(=O)O)C(C)(C)C. The standard InChI is InChI=1S/C12H24N2O4/c1-6-8(7-18-5)13-11(17)14-9(10(15)16)12(2,3)4/h8-9H,6-7H2,1-5H3,(H,15,16)(H2,13,14,17)/t8?,9-/m1/s1. The first-order valence-electron chi connectivity index (χ1n) is 6.01. The molecule has 0 rings (SSSR count). The number of carbonyl (C=O) groups is 2. The number of rotatable bonds is 6. The second kappa shape index (κ2) is 7.20. The molecule has 0 radical (unpaired) electrons. The van der Waals surface area contributed by atoms with Crippen molar-refractivity contribution in [3.63, 3.8) is 0 Å². The zero-order valence-electron chi connectivity index (χ0n) is 11.7. The summed E-state index contributed by atoms with van der Waals surface area (Å²) in [7, 11) is 1.55. The quantitative estimate of drug-likeness (QED) is 0.670. The van der Waals surface area contributed by atoms with E-state index in [4.69, 9.17) is 9.84 Å². The molecule has 3 N–H and O–H groups in total. The number of carboxylic acids is 1. The van der Waals surface area contributed by atoms with Crippen LogP contribution in [0.4, 0.5) is 4.79 Å². The van der Waals surface area contributed by atoms with Crippen LogP contribution in [0.2, 0.25) is 0 Å². The van der Waals surface area contributed by atoms with E-state index in [1.54, 1.807) is 27.9 Å². The van der Waals surface area contributed by atoms with Gasteiger partial charge in [-0.2, -0.15) is 0 Å². The number of ether oxygens (including phenoxy) is 1. The van der Waals surface area contributed by atoms with Gasteiger partial charge in [-0.05, 0) is 11.8 Å². The lowest BCUT2D eigenvalue weighted by molar-refractivity contribution is -0.141. The van der Waals surface area contributed by atoms with E-state index in [1.165, 1.54) is 0 Å². The summed E-state index contributed by atoms with van der Waals surface area (Å²) in [6.07, 6.45) is 0.717. The first-order chi connectivity index (χ1) is 8.22. The number of nitrogens with one attached hydrogen (secondary N) is 2. The van der Waals surface area contributed by atoms with Gasteiger partial charge in [0.15, 0.2) is 0 Å². The Morgan fingerprint density at radius 3 is 2.17 bits per heavy atom. The minimum absolute atomic E-state index is 0.121. The van der Waals surface area contributed by atoms with Crippen LogP contribution < -0.4 is 10.6 Å². The molecule has 18 heavy (non-hydrogen) atoms. The number of carbonyl (C=O) groups excluding carboxylic acids is 1. The minimum Gasteiger partial charge on any atom is -0.480 e. The van der Waals surface area contributed by atoms with Gasteiger partial charge in [0.1, 0.15) is 6.04 Å². The molecule has 0 aliphatic carbocycles. The van der Waals surface area contributed by atoms with Gasteiger partial charge in [0, 0.05) is 7.11 Å². The van der Waals surface area contributed by atoms with Gasteiger partial charge in [-0.25, -0.2) is 9.59 Å². The molecule has 106 valence electrons. The maximum Gasteiger partial charge on any atom is 0.326 e. The van der Waals surface area contributed by atoms with Crippen LogP contribution in [-0.4, -0.2) is 42.9 Å². The highest BCUT2D eigenvalue weighted by Crippen LogP contribution is 2.19. The third-order valence-corrected chi connectivity index (χ3v) is 2.58. The first-order valence-corrected chi connectivity index (χ1v) is 6.01. The van der Waals surface area contributed by atoms with Crippen molar-refractivity contribution < 1.29 is 19.4 Å². The summed E-state index contributed by atoms with van der Waals surface area (Å²) in [5.41, 5.74) is -0.549. The van der Waals surface area contributed by atoms with Gasteiger partial charge in [-0.3, -0.25) is 0 Å². The maximum absolute atomic E-state index is 11.7. The van der Waals surface area contributed by atoms with Crippen LogP contribution in [0.5, 0.6) is 0 Å². The molecule has 2 atom stereocenters. The van der Waals surface area contributed by atoms with Crippen molar-refractivity contribution in [3.05, 3.63) is 0 Å². The van der Waals surface area contributed by atoms with E-state index in [0.29, 0.717) is 13.0 Å². The minimum atomic E-state index is -1.04. The van der Waals surface area contributed by atoms with Crippen molar-refractivity contribution >= 4 is 12.0 Å². The van der Waals surface area contributed by atoms with Crippen LogP contribution in [0.1, 0.15) is 34.1 Å². The third kappa shape index (κ3) is 5.86. The van der Waals surface area contributed by atoms with E-state index in [-0.39, 0.29) is 6.04 Å². The topological polar surface area (TPSA) is 87.7 Å². The maximum atomic E-state index is 11.7. The normalized spacial score (nSPS) is 14.7. The molecule has 6 nitrogen and oxygen atoms in total. The van der Waals surface area contributed by atoms with Crippen LogP contribution in [0.15, 0.2) is 0 Å². The van der Waals surface area contributed by atoms with Crippen molar-refractivity contribution in [1.82, 2.24) is 10.6 Å². The summed E-state index contributed by atoms with van der Waals surface area (Å²) < 4.78 is 4.96. The van der Waals surface area contributed by atoms with Crippen molar-refractivity contribution in [2.75, 3.05) is 13.7 Å². The van der Waals surface area contributed by atoms with Gasteiger partial charge in [-0.1, -0.05) is 27.7 Å². The Morgan fingerprint density at radius 1 is 1.28 bits per heavy atom. The smallest absolute Gasteiger partial charge is 0.326 e. The molecule has 2 amide bonds. The zero-order valence-corrected chi connectivity index (χ0v) is 11.7. The van der Waals surface area contributed by atoms with Gasteiger partial charge in [0.05, 0.1) is 12.6 Å². The van der Waals surface area contributed by atoms with Gasteiger partial charge in [-0.15, -0.1) is 0 Å². The molecule has 0 saturated heterocycles. The van der Waals surface area contributed by atoms with Crippen molar-refractivity contribution in [2.45, 2.75) is 46.2 Å². The molecule has 0 bridgehead atoms. The van der Waals surface area contributed by atoms with E-state index in [1.807, 2.05) is 6.92 Å². The highest BCUT2D eigenvalue weighted by Gasteiger charge is 2.32. The second-order valence-electron chi connectivity index (χ2n) is 5.32. The summed E-state index contributed by atoms with van der Waals surface area (Å²) in [6, 6.07) is -1.54. The Kier molecular flexibility index (Phi) is 6.68. The predicted molar refractivity (Wildman–Crippen MR) is 68.5 cm³/mol. The molecule has 0 heterocycles. The average molecular weight is 260 g/mol. The molecule has 0 spiro atoms. The zero-order chi connectivity index (χ0) is 14.3. The second-order valence-corrected chi connectivity index (χ2v) is 5.32. The summed E-state index contributed by atoms with van der Waals surface area (Å²) in [5, 5.41) is 14.2. The summed E-state index contributed by atoms with van der Waals surface area (Å²) in [6.45, 7) is 7.61. The van der Waals surface area contributed by atoms with E-state index in [0.717, 1.165) is 0 Å². The largest absolute Gasteiger partial charge is 0.480 e. The number of methoxy groups -OCH3 is 1. The Morgan fingerprint density at radius 2 is 1.83 bits per heavy atom. The van der Waals surface area contributed by atoms with E-state index in [9.17, 15) is 9.59 Å². The lowest BCUT2D eigenvalue weighted by Crippen LogP contribution is -2.54. The predicted octanol–water partition coefficient (Wildman–Crippen LogP) is 1.21. The molecular formula is C12H24N2O4. The van der Waals surface area contributed by atoms with Gasteiger partial charge in [0.25, 0.3) is 0 Å². The first kappa shape index (κ1) is 16.7. The molecule has 0 aromatic carbocycles. The molecule has 0 aliphatic heterocycles. The van der Waals surface area contributed by atoms with Crippen LogP contribution in [0.3, 0.4) is 0 Å². The molecule has 0 aromatic rings. The fourth-order valence-corrected chi connectivity index (χ4v) is 1.47. The van der Waals surface area contributed by atoms with Crippen molar-refractivity contribution in [1.29, 1.82) is 0 Å². The molecule has 6 heteroatoms. The Hall–Kier alpha value is -1.30. The number of amides is 2. The molecular weight excluding hydrogens is 236 g/mol. The van der Waals surface area contributed by atoms with Crippen LogP contribution in [-0.2, 0) is 9.53 Å². The summed E-state index contributed by atoms with van der Waals surface area (Å²) in [4.78, 5) is 22.8. The third-order valence-electron chi connectivity index (χ3n) is 2.58. The highest BCUT2D eigenvalue weighted by molar-refractivity contribution is 5.83. The molecule has 1 unspecified atom stereocenters. The van der Waals surface area contributed by atoms with Crippen LogP contribution in [0, 0.1) is 5.41 Å². The summed E-state index contributed by atoms with van der Waals surface area (Å²) >= 11 is 0. The number of hydrogen-bond donors (Lipinski definition) is 3. The van der Waals surface area contributed by atoms with Crippen molar-refractivity contribution in [3.8, 4) is 0 Å². The lowest BCUT2D eigenvalue weighted by atomic mass is 9.87. The van der Waals surface area contributed by atoms with Gasteiger partial charge < -0.3 is 20.5 Å². The van der Waals surface area contributed by atoms with Gasteiger partial charge in [0.2, 0.25) is 0 Å². The molecule has 0 fully saturated rings.